The van der Waals surface area contributed by atoms with Crippen molar-refractivity contribution in [3.8, 4) is 5.88 Å². The van der Waals surface area contributed by atoms with Crippen LogP contribution in [0.1, 0.15) is 36.1 Å². The molecule has 2 heterocycles. The van der Waals surface area contributed by atoms with E-state index in [2.05, 4.69) is 16.4 Å². The number of aromatic nitrogens is 1. The summed E-state index contributed by atoms with van der Waals surface area (Å²) in [7, 11) is 1.56. The van der Waals surface area contributed by atoms with Gasteiger partial charge in [-0.1, -0.05) is 30.3 Å². The fourth-order valence-electron chi connectivity index (χ4n) is 3.33. The number of fused-ring (bicyclic) bond motifs is 1. The summed E-state index contributed by atoms with van der Waals surface area (Å²) < 4.78 is 5.03. The number of methoxy groups -OCH3 is 1. The van der Waals surface area contributed by atoms with Crippen LogP contribution < -0.4 is 10.1 Å². The Bertz CT molecular complexity index is 789. The van der Waals surface area contributed by atoms with Crippen LogP contribution in [0.5, 0.6) is 5.88 Å². The Morgan fingerprint density at radius 2 is 2.08 bits per heavy atom. The summed E-state index contributed by atoms with van der Waals surface area (Å²) in [6, 6.07) is 11.4. The fraction of sp³-hybridized carbons (Fsp3) is 0.350. The molecule has 26 heavy (non-hydrogen) atoms. The lowest BCUT2D eigenvalue weighted by molar-refractivity contribution is -0.133. The zero-order chi connectivity index (χ0) is 18.5. The second-order valence-electron chi connectivity index (χ2n) is 6.37. The van der Waals surface area contributed by atoms with E-state index in [9.17, 15) is 9.59 Å². The average Bonchev–Trinajstić information content (AvgIpc) is 2.66. The van der Waals surface area contributed by atoms with Crippen LogP contribution in [0.2, 0.25) is 0 Å². The molecular formula is C20H23N3O3. The zero-order valence-electron chi connectivity index (χ0n) is 15.1. The second kappa shape index (κ2) is 7.99. The van der Waals surface area contributed by atoms with Crippen molar-refractivity contribution in [2.75, 3.05) is 13.7 Å². The van der Waals surface area contributed by atoms with E-state index in [0.29, 0.717) is 19.0 Å². The molecular weight excluding hydrogens is 330 g/mol. The van der Waals surface area contributed by atoms with E-state index in [0.717, 1.165) is 17.5 Å². The highest BCUT2D eigenvalue weighted by molar-refractivity contribution is 5.79. The molecule has 1 aromatic heterocycles. The maximum absolute atomic E-state index is 12.5. The van der Waals surface area contributed by atoms with Gasteiger partial charge >= 0.3 is 0 Å². The largest absolute Gasteiger partial charge is 0.481 e. The molecule has 1 aliphatic rings. The Balaban J connectivity index is 1.67. The third kappa shape index (κ3) is 4.02. The van der Waals surface area contributed by atoms with E-state index < -0.39 is 0 Å². The van der Waals surface area contributed by atoms with E-state index in [4.69, 9.17) is 4.74 Å². The molecule has 0 fully saturated rings. The smallest absolute Gasteiger partial charge is 0.222 e. The van der Waals surface area contributed by atoms with Crippen molar-refractivity contribution >= 4 is 11.8 Å². The first-order chi connectivity index (χ1) is 12.6. The summed E-state index contributed by atoms with van der Waals surface area (Å²) in [6.07, 6.45) is 2.75. The lowest BCUT2D eigenvalue weighted by Gasteiger charge is -2.36. The lowest BCUT2D eigenvalue weighted by atomic mass is 9.90. The maximum Gasteiger partial charge on any atom is 0.222 e. The summed E-state index contributed by atoms with van der Waals surface area (Å²) in [5.74, 6) is 0.446. The Morgan fingerprint density at radius 3 is 2.77 bits per heavy atom. The highest BCUT2D eigenvalue weighted by Gasteiger charge is 2.30. The average molecular weight is 353 g/mol. The third-order valence-corrected chi connectivity index (χ3v) is 4.69. The van der Waals surface area contributed by atoms with Crippen molar-refractivity contribution in [2.24, 2.45) is 0 Å². The Morgan fingerprint density at radius 1 is 1.27 bits per heavy atom. The van der Waals surface area contributed by atoms with Crippen LogP contribution in [0.15, 0.2) is 42.6 Å². The van der Waals surface area contributed by atoms with Gasteiger partial charge in [0, 0.05) is 32.3 Å². The first-order valence-corrected chi connectivity index (χ1v) is 8.69. The highest BCUT2D eigenvalue weighted by Crippen LogP contribution is 2.32. The molecule has 6 heteroatoms. The number of carbonyl (C=O) groups excluding carboxylic acids is 2. The monoisotopic (exact) mass is 353 g/mol. The van der Waals surface area contributed by atoms with Crippen molar-refractivity contribution in [3.63, 3.8) is 0 Å². The Labute approximate surface area is 153 Å². The number of benzene rings is 1. The summed E-state index contributed by atoms with van der Waals surface area (Å²) >= 11 is 0. The van der Waals surface area contributed by atoms with Gasteiger partial charge in [0.15, 0.2) is 0 Å². The van der Waals surface area contributed by atoms with Crippen molar-refractivity contribution in [1.82, 2.24) is 15.2 Å². The van der Waals surface area contributed by atoms with E-state index in [1.807, 2.05) is 24.3 Å². The SMILES string of the molecule is COc1ccc(CNC(=O)CC2c3ccccc3CCN2C(C)=O)cn1. The van der Waals surface area contributed by atoms with Gasteiger partial charge in [0.2, 0.25) is 17.7 Å². The van der Waals surface area contributed by atoms with Crippen molar-refractivity contribution in [3.05, 3.63) is 59.3 Å². The molecule has 1 aromatic carbocycles. The molecule has 6 nitrogen and oxygen atoms in total. The minimum atomic E-state index is -0.216. The lowest BCUT2D eigenvalue weighted by Crippen LogP contribution is -2.41. The van der Waals surface area contributed by atoms with E-state index in [1.54, 1.807) is 31.2 Å². The highest BCUT2D eigenvalue weighted by atomic mass is 16.5. The van der Waals surface area contributed by atoms with Crippen LogP contribution in [0, 0.1) is 0 Å². The molecule has 1 N–H and O–H groups in total. The number of hydrogen-bond donors (Lipinski definition) is 1. The first kappa shape index (κ1) is 17.9. The molecule has 2 amide bonds. The number of amides is 2. The number of nitrogens with zero attached hydrogens (tertiary/aromatic N) is 2. The van der Waals surface area contributed by atoms with Gasteiger partial charge in [0.25, 0.3) is 0 Å². The topological polar surface area (TPSA) is 71.5 Å². The van der Waals surface area contributed by atoms with Gasteiger partial charge in [-0.05, 0) is 23.1 Å². The normalized spacial score (nSPS) is 15.9. The van der Waals surface area contributed by atoms with Crippen LogP contribution in [-0.2, 0) is 22.6 Å². The fourth-order valence-corrected chi connectivity index (χ4v) is 3.33. The molecule has 0 saturated carbocycles. The standard InChI is InChI=1S/C20H23N3O3/c1-14(24)23-10-9-16-5-3-4-6-17(16)18(23)11-19(25)21-12-15-7-8-20(26-2)22-13-15/h3-8,13,18H,9-12H2,1-2H3,(H,21,25). The third-order valence-electron chi connectivity index (χ3n) is 4.69. The van der Waals surface area contributed by atoms with E-state index in [1.165, 1.54) is 5.56 Å². The summed E-state index contributed by atoms with van der Waals surface area (Å²) in [5.41, 5.74) is 3.17. The molecule has 136 valence electrons. The summed E-state index contributed by atoms with van der Waals surface area (Å²) in [5, 5.41) is 2.92. The molecule has 2 aromatic rings. The van der Waals surface area contributed by atoms with Crippen molar-refractivity contribution < 1.29 is 14.3 Å². The van der Waals surface area contributed by atoms with Crippen molar-refractivity contribution in [1.29, 1.82) is 0 Å². The van der Waals surface area contributed by atoms with Gasteiger partial charge in [-0.15, -0.1) is 0 Å². The van der Waals surface area contributed by atoms with Gasteiger partial charge < -0.3 is 15.0 Å². The Kier molecular flexibility index (Phi) is 5.51. The number of ether oxygens (including phenoxy) is 1. The van der Waals surface area contributed by atoms with Gasteiger partial charge in [0.1, 0.15) is 0 Å². The maximum atomic E-state index is 12.5. The predicted octanol–water partition coefficient (Wildman–Crippen LogP) is 2.24. The first-order valence-electron chi connectivity index (χ1n) is 8.69. The molecule has 0 aliphatic carbocycles. The van der Waals surface area contributed by atoms with Gasteiger partial charge in [-0.25, -0.2) is 4.98 Å². The Hall–Kier alpha value is -2.89. The van der Waals surface area contributed by atoms with E-state index >= 15 is 0 Å². The molecule has 0 spiro atoms. The van der Waals surface area contributed by atoms with Crippen LogP contribution in [0.3, 0.4) is 0 Å². The molecule has 3 rings (SSSR count). The molecule has 0 radical (unpaired) electrons. The minimum Gasteiger partial charge on any atom is -0.481 e. The second-order valence-corrected chi connectivity index (χ2v) is 6.37. The van der Waals surface area contributed by atoms with Crippen LogP contribution in [0.25, 0.3) is 0 Å². The quantitative estimate of drug-likeness (QED) is 0.895. The molecule has 0 bridgehead atoms. The van der Waals surface area contributed by atoms with Crippen LogP contribution >= 0.6 is 0 Å². The minimum absolute atomic E-state index is 0.00309. The summed E-state index contributed by atoms with van der Waals surface area (Å²) in [6.45, 7) is 2.60. The molecule has 1 aliphatic heterocycles. The number of rotatable bonds is 5. The number of pyridine rings is 1. The molecule has 1 atom stereocenters. The number of carbonyl (C=O) groups is 2. The number of nitrogens with one attached hydrogen (secondary N) is 1. The van der Waals surface area contributed by atoms with E-state index in [-0.39, 0.29) is 24.3 Å². The van der Waals surface area contributed by atoms with Gasteiger partial charge in [-0.2, -0.15) is 0 Å². The van der Waals surface area contributed by atoms with Gasteiger partial charge in [0.05, 0.1) is 19.6 Å². The number of hydrogen-bond acceptors (Lipinski definition) is 4. The zero-order valence-corrected chi connectivity index (χ0v) is 15.1. The van der Waals surface area contributed by atoms with Crippen LogP contribution in [-0.4, -0.2) is 35.4 Å². The van der Waals surface area contributed by atoms with Gasteiger partial charge in [-0.3, -0.25) is 9.59 Å². The van der Waals surface area contributed by atoms with Crippen molar-refractivity contribution in [2.45, 2.75) is 32.4 Å². The molecule has 1 unspecified atom stereocenters. The summed E-state index contributed by atoms with van der Waals surface area (Å²) in [4.78, 5) is 30.4. The molecule has 0 saturated heterocycles. The predicted molar refractivity (Wildman–Crippen MR) is 97.5 cm³/mol. The van der Waals surface area contributed by atoms with Crippen LogP contribution in [0.4, 0.5) is 0 Å².